The normalized spacial score (nSPS) is 11.4. The van der Waals surface area contributed by atoms with Gasteiger partial charge in [-0.25, -0.2) is 0 Å². The number of halogens is 1. The Labute approximate surface area is 121 Å². The number of nitrogens with two attached hydrogens (primary N) is 1. The van der Waals surface area contributed by atoms with Gasteiger partial charge in [-0.05, 0) is 12.5 Å². The molecule has 0 amide bonds. The Kier molecular flexibility index (Phi) is 8.35. The summed E-state index contributed by atoms with van der Waals surface area (Å²) in [5.41, 5.74) is 7.16. The van der Waals surface area contributed by atoms with Gasteiger partial charge in [0.25, 0.3) is 0 Å². The maximum Gasteiger partial charge on any atom is 0.164 e. The van der Waals surface area contributed by atoms with E-state index in [4.69, 9.17) is 19.9 Å². The maximum absolute atomic E-state index is 6.20. The van der Waals surface area contributed by atoms with E-state index in [9.17, 15) is 0 Å². The van der Waals surface area contributed by atoms with E-state index >= 15 is 0 Å². The fourth-order valence-corrected chi connectivity index (χ4v) is 1.92. The van der Waals surface area contributed by atoms with Crippen LogP contribution in [0.2, 0.25) is 0 Å². The van der Waals surface area contributed by atoms with E-state index in [2.05, 4.69) is 6.92 Å². The van der Waals surface area contributed by atoms with Crippen LogP contribution >= 0.6 is 12.4 Å². The van der Waals surface area contributed by atoms with Gasteiger partial charge in [0, 0.05) is 17.7 Å². The van der Waals surface area contributed by atoms with Crippen LogP contribution in [0.25, 0.3) is 0 Å². The highest BCUT2D eigenvalue weighted by Crippen LogP contribution is 2.37. The van der Waals surface area contributed by atoms with E-state index in [0.717, 1.165) is 30.6 Å². The quantitative estimate of drug-likeness (QED) is 0.836. The van der Waals surface area contributed by atoms with E-state index in [1.807, 2.05) is 12.1 Å². The van der Waals surface area contributed by atoms with E-state index in [-0.39, 0.29) is 18.4 Å². The fourth-order valence-electron chi connectivity index (χ4n) is 1.92. The lowest BCUT2D eigenvalue weighted by molar-refractivity contribution is 0.346. The topological polar surface area (TPSA) is 53.7 Å². The molecule has 0 saturated carbocycles. The maximum atomic E-state index is 6.20. The Morgan fingerprint density at radius 2 is 1.53 bits per heavy atom. The first-order chi connectivity index (χ1) is 8.67. The second kappa shape index (κ2) is 8.88. The second-order valence-electron chi connectivity index (χ2n) is 4.20. The van der Waals surface area contributed by atoms with Crippen LogP contribution in [0.3, 0.4) is 0 Å². The van der Waals surface area contributed by atoms with Crippen LogP contribution in [0, 0.1) is 0 Å². The lowest BCUT2D eigenvalue weighted by Gasteiger charge is -2.18. The van der Waals surface area contributed by atoms with Gasteiger partial charge < -0.3 is 19.9 Å². The first kappa shape index (κ1) is 17.9. The van der Waals surface area contributed by atoms with E-state index in [1.54, 1.807) is 21.3 Å². The van der Waals surface area contributed by atoms with Crippen LogP contribution in [-0.2, 0) is 0 Å². The van der Waals surface area contributed by atoms with Crippen molar-refractivity contribution in [3.05, 3.63) is 17.7 Å². The van der Waals surface area contributed by atoms with Crippen molar-refractivity contribution in [2.75, 3.05) is 21.3 Å². The average molecular weight is 290 g/mol. The van der Waals surface area contributed by atoms with E-state index < -0.39 is 0 Å². The standard InChI is InChI=1S/C14H23NO3.ClH/c1-5-6-7-11(15)10-8-13(17-3)14(18-4)9-12(10)16-2;/h8-9,11H,5-7,15H2,1-4H3;1H/t11-;/m0./s1. The molecule has 110 valence electrons. The molecule has 1 rings (SSSR count). The zero-order valence-corrected chi connectivity index (χ0v) is 12.9. The zero-order chi connectivity index (χ0) is 13.5. The summed E-state index contributed by atoms with van der Waals surface area (Å²) in [5.74, 6) is 2.08. The fraction of sp³-hybridized carbons (Fsp3) is 0.571. The van der Waals surface area contributed by atoms with Gasteiger partial charge in [-0.1, -0.05) is 19.8 Å². The predicted molar refractivity (Wildman–Crippen MR) is 79.8 cm³/mol. The lowest BCUT2D eigenvalue weighted by Crippen LogP contribution is -2.12. The molecule has 1 aromatic rings. The van der Waals surface area contributed by atoms with Gasteiger partial charge in [-0.15, -0.1) is 12.4 Å². The molecule has 0 fully saturated rings. The number of unbranched alkanes of at least 4 members (excludes halogenated alkanes) is 1. The van der Waals surface area contributed by atoms with Crippen molar-refractivity contribution >= 4 is 12.4 Å². The third-order valence-electron chi connectivity index (χ3n) is 3.00. The molecular weight excluding hydrogens is 266 g/mol. The SMILES string of the molecule is CCCC[C@H](N)c1cc(OC)c(OC)cc1OC.Cl. The molecule has 0 aliphatic rings. The van der Waals surface area contributed by atoms with Crippen molar-refractivity contribution in [1.29, 1.82) is 0 Å². The molecule has 0 radical (unpaired) electrons. The first-order valence-electron chi connectivity index (χ1n) is 6.23. The molecular formula is C14H24ClNO3. The number of rotatable bonds is 7. The van der Waals surface area contributed by atoms with Crippen molar-refractivity contribution in [1.82, 2.24) is 0 Å². The summed E-state index contributed by atoms with van der Waals surface area (Å²) in [4.78, 5) is 0. The van der Waals surface area contributed by atoms with E-state index in [0.29, 0.717) is 11.5 Å². The average Bonchev–Trinajstić information content (AvgIpc) is 2.42. The highest BCUT2D eigenvalue weighted by atomic mass is 35.5. The summed E-state index contributed by atoms with van der Waals surface area (Å²) in [6.07, 6.45) is 3.16. The largest absolute Gasteiger partial charge is 0.496 e. The number of benzene rings is 1. The highest BCUT2D eigenvalue weighted by molar-refractivity contribution is 5.85. The van der Waals surface area contributed by atoms with Crippen molar-refractivity contribution < 1.29 is 14.2 Å². The molecule has 0 heterocycles. The van der Waals surface area contributed by atoms with Crippen LogP contribution in [0.4, 0.5) is 0 Å². The summed E-state index contributed by atoms with van der Waals surface area (Å²) < 4.78 is 15.9. The number of ether oxygens (including phenoxy) is 3. The van der Waals surface area contributed by atoms with Gasteiger partial charge in [-0.3, -0.25) is 0 Å². The van der Waals surface area contributed by atoms with Crippen molar-refractivity contribution in [3.63, 3.8) is 0 Å². The van der Waals surface area contributed by atoms with Crippen molar-refractivity contribution in [3.8, 4) is 17.2 Å². The van der Waals surface area contributed by atoms with Crippen molar-refractivity contribution in [2.24, 2.45) is 5.73 Å². The summed E-state index contributed by atoms with van der Waals surface area (Å²) in [5, 5.41) is 0. The van der Waals surface area contributed by atoms with Crippen LogP contribution in [-0.4, -0.2) is 21.3 Å². The minimum atomic E-state index is -0.0419. The summed E-state index contributed by atoms with van der Waals surface area (Å²) in [6, 6.07) is 3.68. The molecule has 0 aliphatic carbocycles. The van der Waals surface area contributed by atoms with Crippen LogP contribution in [0.1, 0.15) is 37.8 Å². The summed E-state index contributed by atoms with van der Waals surface area (Å²) in [6.45, 7) is 2.15. The minimum Gasteiger partial charge on any atom is -0.496 e. The minimum absolute atomic E-state index is 0. The molecule has 5 heteroatoms. The monoisotopic (exact) mass is 289 g/mol. The van der Waals surface area contributed by atoms with Gasteiger partial charge in [0.05, 0.1) is 21.3 Å². The Morgan fingerprint density at radius 3 is 2.00 bits per heavy atom. The second-order valence-corrected chi connectivity index (χ2v) is 4.20. The Hall–Kier alpha value is -1.13. The van der Waals surface area contributed by atoms with Crippen molar-refractivity contribution in [2.45, 2.75) is 32.2 Å². The van der Waals surface area contributed by atoms with Gasteiger partial charge in [0.15, 0.2) is 11.5 Å². The number of methoxy groups -OCH3 is 3. The Morgan fingerprint density at radius 1 is 1.00 bits per heavy atom. The third-order valence-corrected chi connectivity index (χ3v) is 3.00. The van der Waals surface area contributed by atoms with E-state index in [1.165, 1.54) is 0 Å². The molecule has 0 saturated heterocycles. The third kappa shape index (κ3) is 4.48. The number of hydrogen-bond donors (Lipinski definition) is 1. The number of hydrogen-bond acceptors (Lipinski definition) is 4. The van der Waals surface area contributed by atoms with Crippen LogP contribution < -0.4 is 19.9 Å². The molecule has 0 aromatic heterocycles. The first-order valence-corrected chi connectivity index (χ1v) is 6.23. The molecule has 19 heavy (non-hydrogen) atoms. The molecule has 1 aromatic carbocycles. The predicted octanol–water partition coefficient (Wildman–Crippen LogP) is 3.32. The van der Waals surface area contributed by atoms with Gasteiger partial charge in [0.1, 0.15) is 5.75 Å². The van der Waals surface area contributed by atoms with Gasteiger partial charge in [0.2, 0.25) is 0 Å². The summed E-state index contributed by atoms with van der Waals surface area (Å²) in [7, 11) is 4.86. The molecule has 1 atom stereocenters. The van der Waals surface area contributed by atoms with Crippen LogP contribution in [0.15, 0.2) is 12.1 Å². The van der Waals surface area contributed by atoms with Crippen LogP contribution in [0.5, 0.6) is 17.2 Å². The lowest BCUT2D eigenvalue weighted by atomic mass is 10.0. The molecule has 0 bridgehead atoms. The molecule has 0 aliphatic heterocycles. The molecule has 0 unspecified atom stereocenters. The Bertz CT molecular complexity index is 385. The smallest absolute Gasteiger partial charge is 0.164 e. The van der Waals surface area contributed by atoms with Gasteiger partial charge in [-0.2, -0.15) is 0 Å². The zero-order valence-electron chi connectivity index (χ0n) is 12.1. The van der Waals surface area contributed by atoms with Gasteiger partial charge >= 0.3 is 0 Å². The summed E-state index contributed by atoms with van der Waals surface area (Å²) >= 11 is 0. The Balaban J connectivity index is 0.00000324. The highest BCUT2D eigenvalue weighted by Gasteiger charge is 2.16. The molecule has 2 N–H and O–H groups in total. The molecule has 4 nitrogen and oxygen atoms in total. The molecule has 0 spiro atoms.